The Hall–Kier alpha value is -1.35. The lowest BCUT2D eigenvalue weighted by atomic mass is 10.1. The molecule has 0 radical (unpaired) electrons. The van der Waals surface area contributed by atoms with Crippen molar-refractivity contribution in [2.24, 2.45) is 0 Å². The van der Waals surface area contributed by atoms with Crippen LogP contribution in [0.5, 0.6) is 0 Å². The van der Waals surface area contributed by atoms with Crippen LogP contribution in [0.4, 0.5) is 11.4 Å². The minimum absolute atomic E-state index is 0.0376. The van der Waals surface area contributed by atoms with Crippen molar-refractivity contribution in [2.45, 2.75) is 17.4 Å². The first-order valence-corrected chi connectivity index (χ1v) is 8.00. The number of sulfonamides is 1. The molecule has 0 aliphatic heterocycles. The first-order chi connectivity index (χ1) is 9.57. The Balaban J connectivity index is 2.82. The summed E-state index contributed by atoms with van der Waals surface area (Å²) in [5.74, 6) is 0. The Morgan fingerprint density at radius 1 is 1.38 bits per heavy atom. The molecule has 1 unspecified atom stereocenters. The first kappa shape index (κ1) is 17.7. The number of nitrogens with two attached hydrogens (primary N) is 1. The molecule has 21 heavy (non-hydrogen) atoms. The lowest BCUT2D eigenvalue weighted by Gasteiger charge is -2.27. The molecule has 0 fully saturated rings. The van der Waals surface area contributed by atoms with Crippen molar-refractivity contribution in [2.75, 3.05) is 45.3 Å². The molecular formula is C13H24N4O3S. The van der Waals surface area contributed by atoms with E-state index in [1.54, 1.807) is 13.0 Å². The number of likely N-dealkylation sites (N-methyl/N-ethyl adjacent to an activating group) is 1. The number of nitrogen functional groups attached to an aromatic ring is 1. The minimum Gasteiger partial charge on any atom is -0.398 e. The molecule has 7 nitrogen and oxygen atoms in total. The van der Waals surface area contributed by atoms with Crippen LogP contribution in [0.2, 0.25) is 0 Å². The molecule has 0 saturated carbocycles. The normalized spacial score (nSPS) is 15.0. The minimum atomic E-state index is -3.56. The number of hydrogen-bond acceptors (Lipinski definition) is 6. The van der Waals surface area contributed by atoms with Crippen molar-refractivity contribution in [3.05, 3.63) is 18.2 Å². The van der Waals surface area contributed by atoms with E-state index >= 15 is 0 Å². The van der Waals surface area contributed by atoms with Gasteiger partial charge in [0.05, 0.1) is 11.3 Å². The second-order valence-corrected chi connectivity index (χ2v) is 7.40. The van der Waals surface area contributed by atoms with Crippen molar-refractivity contribution in [1.82, 2.24) is 9.62 Å². The van der Waals surface area contributed by atoms with E-state index in [1.165, 1.54) is 19.2 Å². The van der Waals surface area contributed by atoms with Crippen molar-refractivity contribution < 1.29 is 13.5 Å². The maximum atomic E-state index is 11.7. The third-order valence-electron chi connectivity index (χ3n) is 2.90. The zero-order chi connectivity index (χ0) is 16.3. The van der Waals surface area contributed by atoms with Gasteiger partial charge in [0.25, 0.3) is 0 Å². The molecule has 0 bridgehead atoms. The van der Waals surface area contributed by atoms with Gasteiger partial charge in [-0.3, -0.25) is 0 Å². The largest absolute Gasteiger partial charge is 0.398 e. The number of aliphatic hydroxyl groups is 1. The van der Waals surface area contributed by atoms with Crippen molar-refractivity contribution >= 4 is 21.4 Å². The summed E-state index contributed by atoms with van der Waals surface area (Å²) in [4.78, 5) is 1.93. The van der Waals surface area contributed by atoms with E-state index in [4.69, 9.17) is 5.73 Å². The lowest BCUT2D eigenvalue weighted by Crippen LogP contribution is -2.43. The summed E-state index contributed by atoms with van der Waals surface area (Å²) < 4.78 is 25.7. The van der Waals surface area contributed by atoms with Crippen LogP contribution in [-0.2, 0) is 10.0 Å². The van der Waals surface area contributed by atoms with E-state index in [9.17, 15) is 13.5 Å². The fraction of sp³-hybridized carbons (Fsp3) is 0.538. The first-order valence-electron chi connectivity index (χ1n) is 6.51. The van der Waals surface area contributed by atoms with Crippen LogP contribution < -0.4 is 15.8 Å². The Kier molecular flexibility index (Phi) is 5.57. The highest BCUT2D eigenvalue weighted by molar-refractivity contribution is 7.89. The molecule has 1 aromatic rings. The van der Waals surface area contributed by atoms with Crippen LogP contribution in [0, 0.1) is 0 Å². The number of hydrogen-bond donors (Lipinski definition) is 4. The van der Waals surface area contributed by atoms with Crippen LogP contribution >= 0.6 is 0 Å². The van der Waals surface area contributed by atoms with Crippen LogP contribution in [-0.4, -0.2) is 58.3 Å². The summed E-state index contributed by atoms with van der Waals surface area (Å²) in [7, 11) is 1.53. The Labute approximate surface area is 126 Å². The Morgan fingerprint density at radius 2 is 2.00 bits per heavy atom. The van der Waals surface area contributed by atoms with Gasteiger partial charge < -0.3 is 21.1 Å². The van der Waals surface area contributed by atoms with Crippen molar-refractivity contribution in [3.63, 3.8) is 0 Å². The van der Waals surface area contributed by atoms with E-state index < -0.39 is 15.6 Å². The van der Waals surface area contributed by atoms with Crippen LogP contribution in [0.3, 0.4) is 0 Å². The van der Waals surface area contributed by atoms with Gasteiger partial charge in [-0.2, -0.15) is 0 Å². The average Bonchev–Trinajstić information content (AvgIpc) is 2.35. The molecule has 0 aliphatic carbocycles. The fourth-order valence-corrected chi connectivity index (χ4v) is 2.88. The molecule has 8 heteroatoms. The molecule has 1 aromatic carbocycles. The quantitative estimate of drug-likeness (QED) is 0.523. The van der Waals surface area contributed by atoms with Gasteiger partial charge in [-0.15, -0.1) is 0 Å². The maximum Gasteiger partial charge on any atom is 0.242 e. The monoisotopic (exact) mass is 316 g/mol. The molecule has 0 saturated heterocycles. The Bertz CT molecular complexity index is 585. The Morgan fingerprint density at radius 3 is 2.48 bits per heavy atom. The summed E-state index contributed by atoms with van der Waals surface area (Å²) in [5, 5.41) is 13.3. The van der Waals surface area contributed by atoms with Crippen molar-refractivity contribution in [1.29, 1.82) is 0 Å². The predicted octanol–water partition coefficient (Wildman–Crippen LogP) is -0.0986. The number of nitrogens with zero attached hydrogens (tertiary/aromatic N) is 1. The second-order valence-electron chi connectivity index (χ2n) is 5.55. The van der Waals surface area contributed by atoms with Gasteiger partial charge >= 0.3 is 0 Å². The summed E-state index contributed by atoms with van der Waals surface area (Å²) in [6.07, 6.45) is 0. The van der Waals surface area contributed by atoms with Gasteiger partial charge in [0.2, 0.25) is 10.0 Å². The van der Waals surface area contributed by atoms with E-state index in [1.807, 2.05) is 19.0 Å². The highest BCUT2D eigenvalue weighted by Crippen LogP contribution is 2.22. The average molecular weight is 316 g/mol. The molecule has 0 aromatic heterocycles. The molecule has 0 spiro atoms. The van der Waals surface area contributed by atoms with E-state index in [0.29, 0.717) is 18.8 Å². The van der Waals surface area contributed by atoms with Crippen molar-refractivity contribution in [3.8, 4) is 0 Å². The van der Waals surface area contributed by atoms with Gasteiger partial charge in [0.15, 0.2) is 0 Å². The standard InChI is InChI=1S/C13H24N4O3S/c1-13(18,9-17(3)4)8-16-10-5-6-12(11(14)7-10)21(19,20)15-2/h5-7,15-16,18H,8-9,14H2,1-4H3. The molecule has 120 valence electrons. The maximum absolute atomic E-state index is 11.7. The number of rotatable bonds is 7. The molecule has 1 rings (SSSR count). The molecule has 0 amide bonds. The van der Waals surface area contributed by atoms with Crippen LogP contribution in [0.25, 0.3) is 0 Å². The molecular weight excluding hydrogens is 292 g/mol. The molecule has 0 aliphatic rings. The third kappa shape index (κ3) is 5.16. The summed E-state index contributed by atoms with van der Waals surface area (Å²) >= 11 is 0. The van der Waals surface area contributed by atoms with Crippen LogP contribution in [0.15, 0.2) is 23.1 Å². The molecule has 5 N–H and O–H groups in total. The summed E-state index contributed by atoms with van der Waals surface area (Å²) in [6.45, 7) is 2.55. The third-order valence-corrected chi connectivity index (χ3v) is 4.39. The summed E-state index contributed by atoms with van der Waals surface area (Å²) in [5.41, 5.74) is 5.67. The fourth-order valence-electron chi connectivity index (χ4n) is 2.04. The highest BCUT2D eigenvalue weighted by Gasteiger charge is 2.21. The summed E-state index contributed by atoms with van der Waals surface area (Å²) in [6, 6.07) is 4.59. The van der Waals surface area contributed by atoms with E-state index in [-0.39, 0.29) is 10.6 Å². The highest BCUT2D eigenvalue weighted by atomic mass is 32.2. The van der Waals surface area contributed by atoms with E-state index in [0.717, 1.165) is 0 Å². The lowest BCUT2D eigenvalue weighted by molar-refractivity contribution is 0.0460. The predicted molar refractivity (Wildman–Crippen MR) is 84.8 cm³/mol. The van der Waals surface area contributed by atoms with Gasteiger partial charge in [0, 0.05) is 18.8 Å². The zero-order valence-electron chi connectivity index (χ0n) is 12.8. The van der Waals surface area contributed by atoms with E-state index in [2.05, 4.69) is 10.0 Å². The zero-order valence-corrected chi connectivity index (χ0v) is 13.7. The SMILES string of the molecule is CNS(=O)(=O)c1ccc(NCC(C)(O)CN(C)C)cc1N. The smallest absolute Gasteiger partial charge is 0.242 e. The van der Waals surface area contributed by atoms with Gasteiger partial charge in [-0.1, -0.05) is 0 Å². The van der Waals surface area contributed by atoms with Gasteiger partial charge in [-0.05, 0) is 46.3 Å². The topological polar surface area (TPSA) is 108 Å². The number of benzene rings is 1. The number of nitrogens with one attached hydrogen (secondary N) is 2. The second kappa shape index (κ2) is 6.61. The van der Waals surface area contributed by atoms with Gasteiger partial charge in [-0.25, -0.2) is 13.1 Å². The van der Waals surface area contributed by atoms with Gasteiger partial charge in [0.1, 0.15) is 4.90 Å². The molecule has 1 atom stereocenters. The van der Waals surface area contributed by atoms with Crippen LogP contribution in [0.1, 0.15) is 6.92 Å². The number of anilines is 2. The molecule has 0 heterocycles.